The van der Waals surface area contributed by atoms with Gasteiger partial charge < -0.3 is 5.32 Å². The molecule has 1 aliphatic rings. The van der Waals surface area contributed by atoms with Gasteiger partial charge in [-0.3, -0.25) is 14.5 Å². The molecule has 3 aromatic rings. The summed E-state index contributed by atoms with van der Waals surface area (Å²) in [6, 6.07) is 12.2. The predicted molar refractivity (Wildman–Crippen MR) is 106 cm³/mol. The van der Waals surface area contributed by atoms with Gasteiger partial charge in [0, 0.05) is 18.6 Å². The van der Waals surface area contributed by atoms with Crippen molar-refractivity contribution in [2.45, 2.75) is 44.6 Å². The van der Waals surface area contributed by atoms with Crippen molar-refractivity contribution in [1.82, 2.24) is 14.8 Å². The first-order valence-electron chi connectivity index (χ1n) is 9.46. The van der Waals surface area contributed by atoms with E-state index in [2.05, 4.69) is 34.5 Å². The first-order valence-corrected chi connectivity index (χ1v) is 9.46. The van der Waals surface area contributed by atoms with Crippen LogP contribution < -0.4 is 5.32 Å². The highest BCUT2D eigenvalue weighted by Gasteiger charge is 2.43. The first-order chi connectivity index (χ1) is 13.2. The van der Waals surface area contributed by atoms with E-state index < -0.39 is 5.41 Å². The molecular formula is C22H24N4O. The average molecular weight is 360 g/mol. The molecule has 5 heteroatoms. The van der Waals surface area contributed by atoms with Gasteiger partial charge in [0.2, 0.25) is 5.91 Å². The Morgan fingerprint density at radius 3 is 2.63 bits per heavy atom. The zero-order chi connectivity index (χ0) is 18.7. The van der Waals surface area contributed by atoms with Gasteiger partial charge in [-0.25, -0.2) is 0 Å². The predicted octanol–water partition coefficient (Wildman–Crippen LogP) is 4.09. The van der Waals surface area contributed by atoms with Crippen LogP contribution in [0.3, 0.4) is 0 Å². The molecule has 2 aromatic heterocycles. The van der Waals surface area contributed by atoms with Crippen LogP contribution >= 0.6 is 0 Å². The summed E-state index contributed by atoms with van der Waals surface area (Å²) in [5.74, 6) is 0.0813. The number of aryl methyl sites for hydroxylation is 1. The van der Waals surface area contributed by atoms with Crippen LogP contribution in [0, 0.1) is 6.92 Å². The first kappa shape index (κ1) is 17.5. The second kappa shape index (κ2) is 7.35. The third-order valence-corrected chi connectivity index (χ3v) is 5.54. The van der Waals surface area contributed by atoms with E-state index in [0.717, 1.165) is 42.5 Å². The van der Waals surface area contributed by atoms with Crippen LogP contribution in [0.1, 0.15) is 42.4 Å². The molecule has 1 fully saturated rings. The second-order valence-corrected chi connectivity index (χ2v) is 7.34. The van der Waals surface area contributed by atoms with Gasteiger partial charge in [0.1, 0.15) is 0 Å². The molecule has 0 spiro atoms. The van der Waals surface area contributed by atoms with Crippen molar-refractivity contribution in [3.63, 3.8) is 0 Å². The van der Waals surface area contributed by atoms with Crippen molar-refractivity contribution in [2.24, 2.45) is 0 Å². The zero-order valence-corrected chi connectivity index (χ0v) is 15.6. The summed E-state index contributed by atoms with van der Waals surface area (Å²) in [5, 5.41) is 7.51. The molecular weight excluding hydrogens is 336 g/mol. The van der Waals surface area contributed by atoms with Crippen LogP contribution in [0.25, 0.3) is 0 Å². The monoisotopic (exact) mass is 360 g/mol. The van der Waals surface area contributed by atoms with Crippen LogP contribution in [0.5, 0.6) is 0 Å². The third-order valence-electron chi connectivity index (χ3n) is 5.54. The molecule has 0 bridgehead atoms. The molecule has 1 aliphatic carbocycles. The minimum Gasteiger partial charge on any atom is -0.323 e. The highest BCUT2D eigenvalue weighted by Crippen LogP contribution is 2.43. The summed E-state index contributed by atoms with van der Waals surface area (Å²) in [5.41, 5.74) is 3.78. The number of hydrogen-bond donors (Lipinski definition) is 1. The van der Waals surface area contributed by atoms with Crippen molar-refractivity contribution in [3.05, 3.63) is 77.9 Å². The number of anilines is 1. The normalized spacial score (nSPS) is 15.6. The van der Waals surface area contributed by atoms with Crippen molar-refractivity contribution < 1.29 is 4.79 Å². The summed E-state index contributed by atoms with van der Waals surface area (Å²) >= 11 is 0. The second-order valence-electron chi connectivity index (χ2n) is 7.34. The number of benzene rings is 1. The molecule has 0 aliphatic heterocycles. The van der Waals surface area contributed by atoms with E-state index in [1.54, 1.807) is 18.6 Å². The molecule has 1 N–H and O–H groups in total. The summed E-state index contributed by atoms with van der Waals surface area (Å²) in [6.07, 6.45) is 11.1. The number of aromatic nitrogens is 3. The smallest absolute Gasteiger partial charge is 0.235 e. The summed E-state index contributed by atoms with van der Waals surface area (Å²) in [7, 11) is 0. The fourth-order valence-corrected chi connectivity index (χ4v) is 4.15. The highest BCUT2D eigenvalue weighted by molar-refractivity contribution is 5.99. The Balaban J connectivity index is 1.53. The number of nitrogens with zero attached hydrogens (tertiary/aromatic N) is 3. The molecule has 1 aromatic carbocycles. The van der Waals surface area contributed by atoms with Crippen LogP contribution in [0.2, 0.25) is 0 Å². The maximum absolute atomic E-state index is 13.3. The van der Waals surface area contributed by atoms with E-state index in [1.807, 2.05) is 35.1 Å². The molecule has 1 saturated carbocycles. The quantitative estimate of drug-likeness (QED) is 0.746. The van der Waals surface area contributed by atoms with Gasteiger partial charge in [0.05, 0.1) is 23.8 Å². The topological polar surface area (TPSA) is 59.8 Å². The molecule has 138 valence electrons. The van der Waals surface area contributed by atoms with E-state index in [9.17, 15) is 4.79 Å². The Bertz CT molecular complexity index is 926. The van der Waals surface area contributed by atoms with E-state index in [4.69, 9.17) is 0 Å². The number of nitrogens with one attached hydrogen (secondary N) is 1. The van der Waals surface area contributed by atoms with E-state index >= 15 is 0 Å². The number of rotatable bonds is 5. The Labute approximate surface area is 159 Å². The molecule has 0 radical (unpaired) electrons. The van der Waals surface area contributed by atoms with Gasteiger partial charge in [-0.05, 0) is 48.6 Å². The van der Waals surface area contributed by atoms with E-state index in [1.165, 1.54) is 5.56 Å². The molecule has 27 heavy (non-hydrogen) atoms. The van der Waals surface area contributed by atoms with Gasteiger partial charge in [0.15, 0.2) is 0 Å². The highest BCUT2D eigenvalue weighted by atomic mass is 16.2. The maximum Gasteiger partial charge on any atom is 0.235 e. The zero-order valence-electron chi connectivity index (χ0n) is 15.6. The molecule has 0 saturated heterocycles. The number of hydrogen-bond acceptors (Lipinski definition) is 3. The standard InChI is InChI=1S/C22H24N4O/c1-17-6-2-3-7-20(17)22(10-4-5-11-22)21(27)25-19-14-24-26(16-19)15-18-8-12-23-13-9-18/h2-3,6-9,12-14,16H,4-5,10-11,15H2,1H3,(H,25,27). The Morgan fingerprint density at radius 2 is 1.89 bits per heavy atom. The van der Waals surface area contributed by atoms with Gasteiger partial charge in [-0.2, -0.15) is 5.10 Å². The largest absolute Gasteiger partial charge is 0.323 e. The molecule has 0 unspecified atom stereocenters. The Morgan fingerprint density at radius 1 is 1.15 bits per heavy atom. The minimum absolute atomic E-state index is 0.0813. The average Bonchev–Trinajstić information content (AvgIpc) is 3.33. The van der Waals surface area contributed by atoms with Crippen molar-refractivity contribution in [1.29, 1.82) is 0 Å². The lowest BCUT2D eigenvalue weighted by Gasteiger charge is -2.29. The molecule has 2 heterocycles. The van der Waals surface area contributed by atoms with Crippen LogP contribution in [-0.4, -0.2) is 20.7 Å². The summed E-state index contributed by atoms with van der Waals surface area (Å²) < 4.78 is 1.83. The van der Waals surface area contributed by atoms with Crippen molar-refractivity contribution in [3.8, 4) is 0 Å². The van der Waals surface area contributed by atoms with Crippen molar-refractivity contribution in [2.75, 3.05) is 5.32 Å². The number of amides is 1. The molecule has 5 nitrogen and oxygen atoms in total. The maximum atomic E-state index is 13.3. The number of carbonyl (C=O) groups excluding carboxylic acids is 1. The van der Waals surface area contributed by atoms with Crippen LogP contribution in [0.4, 0.5) is 5.69 Å². The van der Waals surface area contributed by atoms with Crippen LogP contribution in [0.15, 0.2) is 61.2 Å². The summed E-state index contributed by atoms with van der Waals surface area (Å²) in [4.78, 5) is 17.3. The van der Waals surface area contributed by atoms with Crippen LogP contribution in [-0.2, 0) is 16.8 Å². The Kier molecular flexibility index (Phi) is 4.75. The third kappa shape index (κ3) is 3.50. The fourth-order valence-electron chi connectivity index (χ4n) is 4.15. The van der Waals surface area contributed by atoms with Gasteiger partial charge in [0.25, 0.3) is 0 Å². The number of carbonyl (C=O) groups is 1. The van der Waals surface area contributed by atoms with E-state index in [-0.39, 0.29) is 5.91 Å². The number of pyridine rings is 1. The molecule has 0 atom stereocenters. The SMILES string of the molecule is Cc1ccccc1C1(C(=O)Nc2cnn(Cc3ccncc3)c2)CCCC1. The lowest BCUT2D eigenvalue weighted by atomic mass is 9.76. The Hall–Kier alpha value is -2.95. The van der Waals surface area contributed by atoms with Gasteiger partial charge in [-0.15, -0.1) is 0 Å². The van der Waals surface area contributed by atoms with Gasteiger partial charge in [-0.1, -0.05) is 37.1 Å². The lowest BCUT2D eigenvalue weighted by molar-refractivity contribution is -0.121. The van der Waals surface area contributed by atoms with Gasteiger partial charge >= 0.3 is 0 Å². The van der Waals surface area contributed by atoms with Crippen molar-refractivity contribution >= 4 is 11.6 Å². The fraction of sp³-hybridized carbons (Fsp3) is 0.318. The minimum atomic E-state index is -0.432. The summed E-state index contributed by atoms with van der Waals surface area (Å²) in [6.45, 7) is 2.75. The van der Waals surface area contributed by atoms with E-state index in [0.29, 0.717) is 6.54 Å². The molecule has 4 rings (SSSR count). The lowest BCUT2D eigenvalue weighted by Crippen LogP contribution is -2.38. The molecule has 1 amide bonds.